The molecule has 0 fully saturated rings. The van der Waals surface area contributed by atoms with Gasteiger partial charge in [0.05, 0.1) is 19.5 Å². The van der Waals surface area contributed by atoms with E-state index in [4.69, 9.17) is 51.1 Å². The molecule has 1 unspecified atom stereocenters. The molecule has 0 radical (unpaired) electrons. The van der Waals surface area contributed by atoms with Crippen LogP contribution in [0.5, 0.6) is 0 Å². The van der Waals surface area contributed by atoms with Crippen LogP contribution >= 0.6 is 46.4 Å². The highest BCUT2D eigenvalue weighted by Crippen LogP contribution is 2.31. The number of nitrogens with zero attached hydrogens (tertiary/aromatic N) is 2. The van der Waals surface area contributed by atoms with Crippen molar-refractivity contribution in [1.29, 1.82) is 0 Å². The zero-order valence-corrected chi connectivity index (χ0v) is 16.0. The first-order valence-electron chi connectivity index (χ1n) is 7.48. The van der Waals surface area contributed by atoms with Crippen LogP contribution in [-0.2, 0) is 17.9 Å². The average Bonchev–Trinajstić information content (AvgIpc) is 3.04. The summed E-state index contributed by atoms with van der Waals surface area (Å²) in [4.78, 5) is 4.07. The molecule has 25 heavy (non-hydrogen) atoms. The zero-order valence-electron chi connectivity index (χ0n) is 13.0. The maximum atomic E-state index is 6.37. The van der Waals surface area contributed by atoms with Gasteiger partial charge >= 0.3 is 0 Å². The molecule has 0 bridgehead atoms. The topological polar surface area (TPSA) is 27.1 Å². The summed E-state index contributed by atoms with van der Waals surface area (Å²) in [6.07, 6.45) is 5.04. The van der Waals surface area contributed by atoms with Crippen molar-refractivity contribution in [3.63, 3.8) is 0 Å². The molecule has 3 nitrogen and oxygen atoms in total. The van der Waals surface area contributed by atoms with E-state index in [1.54, 1.807) is 30.7 Å². The van der Waals surface area contributed by atoms with Gasteiger partial charge in [-0.1, -0.05) is 52.5 Å². The van der Waals surface area contributed by atoms with Gasteiger partial charge in [-0.3, -0.25) is 0 Å². The summed E-state index contributed by atoms with van der Waals surface area (Å²) in [5.74, 6) is 0. The highest BCUT2D eigenvalue weighted by atomic mass is 35.5. The van der Waals surface area contributed by atoms with Crippen LogP contribution in [0.15, 0.2) is 55.1 Å². The predicted molar refractivity (Wildman–Crippen MR) is 103 cm³/mol. The standard InChI is InChI=1S/C18H14Cl4N2O/c19-13-1-2-16(17(22)8-13)18(9-24-4-3-23-11-24)25-10-12-5-14(20)7-15(21)6-12/h1-8,11,18H,9-10H2. The van der Waals surface area contributed by atoms with Gasteiger partial charge in [0.1, 0.15) is 6.10 Å². The lowest BCUT2D eigenvalue weighted by molar-refractivity contribution is 0.0280. The van der Waals surface area contributed by atoms with E-state index in [-0.39, 0.29) is 6.10 Å². The monoisotopic (exact) mass is 414 g/mol. The Hall–Kier alpha value is -1.23. The smallest absolute Gasteiger partial charge is 0.102 e. The van der Waals surface area contributed by atoms with Gasteiger partial charge in [-0.2, -0.15) is 0 Å². The normalized spacial score (nSPS) is 12.3. The van der Waals surface area contributed by atoms with Crippen molar-refractivity contribution in [3.05, 3.63) is 86.3 Å². The number of benzene rings is 2. The summed E-state index contributed by atoms with van der Waals surface area (Å²) >= 11 is 24.5. The van der Waals surface area contributed by atoms with Crippen molar-refractivity contribution in [2.24, 2.45) is 0 Å². The molecule has 1 atom stereocenters. The van der Waals surface area contributed by atoms with Crippen LogP contribution in [0.4, 0.5) is 0 Å². The van der Waals surface area contributed by atoms with Crippen LogP contribution < -0.4 is 0 Å². The summed E-state index contributed by atoms with van der Waals surface area (Å²) < 4.78 is 8.06. The second-order valence-corrected chi connectivity index (χ2v) is 7.22. The third-order valence-electron chi connectivity index (χ3n) is 3.62. The maximum Gasteiger partial charge on any atom is 0.102 e. The van der Waals surface area contributed by atoms with Crippen LogP contribution in [0.1, 0.15) is 17.2 Å². The molecule has 0 saturated carbocycles. The Balaban J connectivity index is 1.83. The largest absolute Gasteiger partial charge is 0.367 e. The minimum absolute atomic E-state index is 0.281. The molecule has 0 N–H and O–H groups in total. The van der Waals surface area contributed by atoms with Crippen molar-refractivity contribution in [2.45, 2.75) is 19.3 Å². The van der Waals surface area contributed by atoms with Gasteiger partial charge in [0.25, 0.3) is 0 Å². The number of halogens is 4. The molecule has 0 aliphatic heterocycles. The second-order valence-electron chi connectivity index (χ2n) is 5.50. The molecule has 0 aliphatic carbocycles. The van der Waals surface area contributed by atoms with Crippen LogP contribution in [0.25, 0.3) is 0 Å². The summed E-state index contributed by atoms with van der Waals surface area (Å²) in [6.45, 7) is 0.911. The minimum atomic E-state index is -0.281. The first-order chi connectivity index (χ1) is 12.0. The first-order valence-corrected chi connectivity index (χ1v) is 9.00. The fourth-order valence-corrected chi connectivity index (χ4v) is 3.58. The minimum Gasteiger partial charge on any atom is -0.367 e. The van der Waals surface area contributed by atoms with Crippen LogP contribution in [-0.4, -0.2) is 9.55 Å². The third-order valence-corrected chi connectivity index (χ3v) is 4.62. The molecule has 130 valence electrons. The van der Waals surface area contributed by atoms with E-state index in [0.29, 0.717) is 33.2 Å². The Morgan fingerprint density at radius 2 is 1.72 bits per heavy atom. The van der Waals surface area contributed by atoms with E-state index in [1.165, 1.54) is 0 Å². The fraction of sp³-hybridized carbons (Fsp3) is 0.167. The van der Waals surface area contributed by atoms with E-state index in [1.807, 2.05) is 29.0 Å². The van der Waals surface area contributed by atoms with Crippen molar-refractivity contribution in [1.82, 2.24) is 9.55 Å². The summed E-state index contributed by atoms with van der Waals surface area (Å²) in [6, 6.07) is 10.7. The van der Waals surface area contributed by atoms with Crippen molar-refractivity contribution in [3.8, 4) is 0 Å². The van der Waals surface area contributed by atoms with Crippen molar-refractivity contribution in [2.75, 3.05) is 0 Å². The number of ether oxygens (including phenoxy) is 1. The Bertz CT molecular complexity index is 832. The molecular weight excluding hydrogens is 402 g/mol. The number of imidazole rings is 1. The summed E-state index contributed by atoms with van der Waals surface area (Å²) in [5, 5.41) is 2.28. The molecule has 1 aromatic heterocycles. The van der Waals surface area contributed by atoms with Crippen LogP contribution in [0, 0.1) is 0 Å². The summed E-state index contributed by atoms with van der Waals surface area (Å²) in [5.41, 5.74) is 1.74. The highest BCUT2D eigenvalue weighted by Gasteiger charge is 2.17. The molecule has 0 saturated heterocycles. The number of hydrogen-bond donors (Lipinski definition) is 0. The molecule has 0 amide bonds. The molecule has 1 heterocycles. The maximum absolute atomic E-state index is 6.37. The lowest BCUT2D eigenvalue weighted by atomic mass is 10.1. The quantitative estimate of drug-likeness (QED) is 0.462. The van der Waals surface area contributed by atoms with Crippen molar-refractivity contribution >= 4 is 46.4 Å². The number of hydrogen-bond acceptors (Lipinski definition) is 2. The molecule has 0 aliphatic rings. The van der Waals surface area contributed by atoms with E-state index < -0.39 is 0 Å². The average molecular weight is 416 g/mol. The lowest BCUT2D eigenvalue weighted by Crippen LogP contribution is -2.12. The first kappa shape index (κ1) is 18.6. The van der Waals surface area contributed by atoms with E-state index >= 15 is 0 Å². The predicted octanol–water partition coefficient (Wildman–Crippen LogP) is 6.45. The van der Waals surface area contributed by atoms with Crippen LogP contribution in [0.2, 0.25) is 20.1 Å². The molecule has 3 rings (SSSR count). The van der Waals surface area contributed by atoms with Gasteiger partial charge in [0.2, 0.25) is 0 Å². The Kier molecular flexibility index (Phi) is 6.26. The second kappa shape index (κ2) is 8.43. The van der Waals surface area contributed by atoms with Gasteiger partial charge in [-0.15, -0.1) is 0 Å². The molecule has 2 aromatic carbocycles. The van der Waals surface area contributed by atoms with Gasteiger partial charge in [0, 0.05) is 38.0 Å². The lowest BCUT2D eigenvalue weighted by Gasteiger charge is -2.20. The van der Waals surface area contributed by atoms with Gasteiger partial charge < -0.3 is 9.30 Å². The molecular formula is C18H14Cl4N2O. The Morgan fingerprint density at radius 1 is 0.960 bits per heavy atom. The highest BCUT2D eigenvalue weighted by molar-refractivity contribution is 6.35. The number of aromatic nitrogens is 2. The van der Waals surface area contributed by atoms with E-state index in [2.05, 4.69) is 4.98 Å². The molecule has 0 spiro atoms. The van der Waals surface area contributed by atoms with E-state index in [0.717, 1.165) is 11.1 Å². The summed E-state index contributed by atoms with van der Waals surface area (Å²) in [7, 11) is 0. The Labute approximate surface area is 166 Å². The third kappa shape index (κ3) is 5.13. The zero-order chi connectivity index (χ0) is 17.8. The molecule has 3 aromatic rings. The Morgan fingerprint density at radius 3 is 2.36 bits per heavy atom. The number of rotatable bonds is 6. The van der Waals surface area contributed by atoms with Gasteiger partial charge in [0.15, 0.2) is 0 Å². The molecule has 7 heteroatoms. The fourth-order valence-electron chi connectivity index (χ4n) is 2.48. The van der Waals surface area contributed by atoms with Gasteiger partial charge in [-0.25, -0.2) is 4.98 Å². The SMILES string of the molecule is Clc1cc(Cl)cc(COC(Cn2ccnc2)c2ccc(Cl)cc2Cl)c1. The van der Waals surface area contributed by atoms with Crippen LogP contribution in [0.3, 0.4) is 0 Å². The van der Waals surface area contributed by atoms with Gasteiger partial charge in [-0.05, 0) is 35.9 Å². The van der Waals surface area contributed by atoms with E-state index in [9.17, 15) is 0 Å². The van der Waals surface area contributed by atoms with Crippen molar-refractivity contribution < 1.29 is 4.74 Å².